The highest BCUT2D eigenvalue weighted by Crippen LogP contribution is 2.46. The third-order valence-corrected chi connectivity index (χ3v) is 5.55. The van der Waals surface area contributed by atoms with E-state index >= 15 is 0 Å². The minimum Gasteiger partial charge on any atom is -0.480 e. The zero-order chi connectivity index (χ0) is 21.0. The van der Waals surface area contributed by atoms with Crippen molar-refractivity contribution >= 4 is 30.2 Å². The number of hydrogen-bond donors (Lipinski definition) is 2. The lowest BCUT2D eigenvalue weighted by atomic mass is 10.1. The van der Waals surface area contributed by atoms with Gasteiger partial charge < -0.3 is 14.2 Å². The molecule has 3 aromatic carbocycles. The monoisotopic (exact) mass is 416 g/mol. The zero-order valence-electron chi connectivity index (χ0n) is 15.2. The summed E-state index contributed by atoms with van der Waals surface area (Å²) >= 11 is 0. The second-order valence-corrected chi connectivity index (χ2v) is 7.75. The Morgan fingerprint density at radius 2 is 1.62 bits per heavy atom. The highest BCUT2D eigenvalue weighted by atomic mass is 31.2. The summed E-state index contributed by atoms with van der Waals surface area (Å²) in [4.78, 5) is 21.4. The summed E-state index contributed by atoms with van der Waals surface area (Å²) in [6, 6.07) is 16.1. The third-order valence-electron chi connectivity index (χ3n) is 3.94. The Morgan fingerprint density at radius 1 is 1.03 bits per heavy atom. The predicted octanol–water partition coefficient (Wildman–Crippen LogP) is 4.38. The van der Waals surface area contributed by atoms with E-state index in [1.165, 1.54) is 31.2 Å². The van der Waals surface area contributed by atoms with Gasteiger partial charge >= 0.3 is 13.7 Å². The molecule has 0 bridgehead atoms. The molecule has 29 heavy (non-hydrogen) atoms. The molecule has 0 heterocycles. The van der Waals surface area contributed by atoms with Crippen LogP contribution in [0.4, 0.5) is 5.69 Å². The van der Waals surface area contributed by atoms with E-state index in [0.29, 0.717) is 0 Å². The quantitative estimate of drug-likeness (QED) is 0.315. The number of non-ortho nitro benzene ring substituents is 1. The molecule has 0 amide bonds. The van der Waals surface area contributed by atoms with Crippen LogP contribution in [0.2, 0.25) is 0 Å². The van der Waals surface area contributed by atoms with E-state index in [9.17, 15) is 19.5 Å². The second-order valence-electron chi connectivity index (χ2n) is 6.13. The average Bonchev–Trinajstić information content (AvgIpc) is 2.68. The van der Waals surface area contributed by atoms with Crippen molar-refractivity contribution in [2.45, 2.75) is 13.0 Å². The lowest BCUT2D eigenvalue weighted by molar-refractivity contribution is -0.384. The molecule has 0 aliphatic heterocycles. The Kier molecular flexibility index (Phi) is 5.81. The van der Waals surface area contributed by atoms with Crippen molar-refractivity contribution in [3.63, 3.8) is 0 Å². The molecule has 3 aromatic rings. The highest BCUT2D eigenvalue weighted by Gasteiger charge is 2.33. The fourth-order valence-corrected chi connectivity index (χ4v) is 4.01. The normalized spacial score (nSPS) is 14.0. The third kappa shape index (κ3) is 5.10. The number of nitro groups is 1. The van der Waals surface area contributed by atoms with Crippen molar-refractivity contribution < 1.29 is 28.4 Å². The Bertz CT molecular complexity index is 1100. The lowest BCUT2D eigenvalue weighted by Crippen LogP contribution is -2.34. The molecule has 0 spiro atoms. The topological polar surface area (TPSA) is 128 Å². The number of carboxylic acids is 1. The molecule has 2 N–H and O–H groups in total. The van der Waals surface area contributed by atoms with E-state index in [4.69, 9.17) is 14.2 Å². The molecule has 0 fully saturated rings. The average molecular weight is 416 g/mol. The van der Waals surface area contributed by atoms with Crippen LogP contribution in [0.3, 0.4) is 0 Å². The lowest BCUT2D eigenvalue weighted by Gasteiger charge is -2.22. The molecule has 9 nitrogen and oxygen atoms in total. The van der Waals surface area contributed by atoms with Gasteiger partial charge in [-0.1, -0.05) is 30.3 Å². The number of nitro benzene ring substituents is 1. The number of aliphatic carboxylic acids is 1. The number of hydrogen-bond acceptors (Lipinski definition) is 6. The molecule has 3 rings (SSSR count). The van der Waals surface area contributed by atoms with Crippen LogP contribution in [-0.2, 0) is 9.36 Å². The molecular formula is C19H17N2O7P. The molecular weight excluding hydrogens is 399 g/mol. The number of carbonyl (C=O) groups is 1. The molecule has 0 aliphatic carbocycles. The summed E-state index contributed by atoms with van der Waals surface area (Å²) in [5.74, 6) is -1.02. The Hall–Kier alpha value is -3.42. The van der Waals surface area contributed by atoms with E-state index in [1.54, 1.807) is 18.2 Å². The van der Waals surface area contributed by atoms with Crippen LogP contribution in [-0.4, -0.2) is 22.0 Å². The maximum Gasteiger partial charge on any atom is 0.513 e. The van der Waals surface area contributed by atoms with Crippen LogP contribution < -0.4 is 14.1 Å². The fraction of sp³-hybridized carbons (Fsp3) is 0.105. The van der Waals surface area contributed by atoms with Gasteiger partial charge in [0.25, 0.3) is 5.69 Å². The number of fused-ring (bicyclic) bond motifs is 1. The van der Waals surface area contributed by atoms with Crippen molar-refractivity contribution in [2.24, 2.45) is 0 Å². The summed E-state index contributed by atoms with van der Waals surface area (Å²) in [6.07, 6.45) is 0. The van der Waals surface area contributed by atoms with Crippen molar-refractivity contribution in [3.8, 4) is 11.5 Å². The molecule has 0 aliphatic rings. The summed E-state index contributed by atoms with van der Waals surface area (Å²) < 4.78 is 24.2. The van der Waals surface area contributed by atoms with E-state index in [2.05, 4.69) is 5.09 Å². The Morgan fingerprint density at radius 3 is 2.24 bits per heavy atom. The second kappa shape index (κ2) is 8.30. The first-order chi connectivity index (χ1) is 13.8. The van der Waals surface area contributed by atoms with E-state index in [-0.39, 0.29) is 17.2 Å². The number of nitrogens with zero attached hydrogens (tertiary/aromatic N) is 1. The van der Waals surface area contributed by atoms with E-state index in [1.807, 2.05) is 24.3 Å². The van der Waals surface area contributed by atoms with Gasteiger partial charge in [0.1, 0.15) is 17.5 Å². The maximum atomic E-state index is 13.3. The standard InChI is InChI=1S/C19H17N2O7P/c1-13(19(22)23)20-29(26,27-17-10-7-16(8-11-17)21(24)25)28-18-9-6-14-4-2-3-5-15(14)12-18/h2-13H,1H3,(H,20,26)(H,22,23)/t13-,29?/m0/s1. The first-order valence-electron chi connectivity index (χ1n) is 8.49. The van der Waals surface area contributed by atoms with Crippen LogP contribution in [0.25, 0.3) is 10.8 Å². The fourth-order valence-electron chi connectivity index (χ4n) is 2.49. The van der Waals surface area contributed by atoms with Gasteiger partial charge in [-0.05, 0) is 42.0 Å². The van der Waals surface area contributed by atoms with Crippen molar-refractivity contribution in [1.29, 1.82) is 0 Å². The minimum absolute atomic E-state index is 0.0183. The maximum absolute atomic E-state index is 13.3. The summed E-state index contributed by atoms with van der Waals surface area (Å²) in [6.45, 7) is 1.29. The van der Waals surface area contributed by atoms with Crippen molar-refractivity contribution in [1.82, 2.24) is 5.09 Å². The molecule has 150 valence electrons. The molecule has 0 saturated heterocycles. The number of rotatable bonds is 8. The van der Waals surface area contributed by atoms with Gasteiger partial charge in [-0.2, -0.15) is 5.09 Å². The molecule has 0 aromatic heterocycles. The van der Waals surface area contributed by atoms with Crippen LogP contribution in [0.15, 0.2) is 66.7 Å². The first kappa shape index (κ1) is 20.3. The Labute approximate surface area is 165 Å². The van der Waals surface area contributed by atoms with Gasteiger partial charge in [-0.25, -0.2) is 4.57 Å². The van der Waals surface area contributed by atoms with Gasteiger partial charge in [0.15, 0.2) is 0 Å². The van der Waals surface area contributed by atoms with Gasteiger partial charge in [0.2, 0.25) is 0 Å². The zero-order valence-corrected chi connectivity index (χ0v) is 16.1. The first-order valence-corrected chi connectivity index (χ1v) is 10.0. The van der Waals surface area contributed by atoms with E-state index < -0.39 is 24.7 Å². The SMILES string of the molecule is C[C@H](NP(=O)(Oc1ccc([N+](=O)[O-])cc1)Oc1ccc2ccccc2c1)C(=O)O. The summed E-state index contributed by atoms with van der Waals surface area (Å²) in [5, 5.41) is 24.0. The largest absolute Gasteiger partial charge is 0.513 e. The predicted molar refractivity (Wildman–Crippen MR) is 106 cm³/mol. The van der Waals surface area contributed by atoms with E-state index in [0.717, 1.165) is 10.8 Å². The van der Waals surface area contributed by atoms with Crippen LogP contribution >= 0.6 is 7.75 Å². The number of carboxylic acid groups (broad SMARTS) is 1. The van der Waals surface area contributed by atoms with Gasteiger partial charge in [0, 0.05) is 12.1 Å². The highest BCUT2D eigenvalue weighted by molar-refractivity contribution is 7.52. The molecule has 0 radical (unpaired) electrons. The minimum atomic E-state index is -4.19. The molecule has 1 unspecified atom stereocenters. The number of nitrogens with one attached hydrogen (secondary N) is 1. The summed E-state index contributed by atoms with van der Waals surface area (Å²) in [5.41, 5.74) is -0.172. The van der Waals surface area contributed by atoms with Crippen LogP contribution in [0.1, 0.15) is 6.92 Å². The molecule has 0 saturated carbocycles. The number of benzene rings is 3. The van der Waals surface area contributed by atoms with Gasteiger partial charge in [-0.15, -0.1) is 0 Å². The Balaban J connectivity index is 1.90. The van der Waals surface area contributed by atoms with Crippen LogP contribution in [0.5, 0.6) is 11.5 Å². The van der Waals surface area contributed by atoms with Crippen molar-refractivity contribution in [3.05, 3.63) is 76.8 Å². The summed E-state index contributed by atoms with van der Waals surface area (Å²) in [7, 11) is -4.19. The van der Waals surface area contributed by atoms with Gasteiger partial charge in [0.05, 0.1) is 4.92 Å². The van der Waals surface area contributed by atoms with Crippen LogP contribution in [0, 0.1) is 10.1 Å². The smallest absolute Gasteiger partial charge is 0.480 e. The molecule has 2 atom stereocenters. The van der Waals surface area contributed by atoms with Crippen molar-refractivity contribution in [2.75, 3.05) is 0 Å². The molecule has 10 heteroatoms. The van der Waals surface area contributed by atoms with Gasteiger partial charge in [-0.3, -0.25) is 14.9 Å².